The third-order valence-electron chi connectivity index (χ3n) is 13.4. The maximum absolute atomic E-state index is 13.0. The number of hydrogen-bond donors (Lipinski definition) is 2. The molecule has 0 aliphatic rings. The molecule has 0 rings (SSSR count). The van der Waals surface area contributed by atoms with Crippen molar-refractivity contribution >= 4 is 13.7 Å². The number of nitrogens with zero attached hydrogens (tertiary/aromatic N) is 1. The predicted molar refractivity (Wildman–Crippen MR) is 289 cm³/mol. The van der Waals surface area contributed by atoms with E-state index in [1.54, 1.807) is 0 Å². The molecule has 8 nitrogen and oxygen atoms in total. The van der Waals surface area contributed by atoms with Gasteiger partial charge in [0.25, 0.3) is 7.82 Å². The van der Waals surface area contributed by atoms with Crippen molar-refractivity contribution in [1.82, 2.24) is 5.32 Å². The van der Waals surface area contributed by atoms with Gasteiger partial charge in [0.05, 0.1) is 39.9 Å². The van der Waals surface area contributed by atoms with Gasteiger partial charge in [-0.15, -0.1) is 0 Å². The van der Waals surface area contributed by atoms with Crippen LogP contribution >= 0.6 is 7.82 Å². The Labute approximate surface area is 417 Å². The second-order valence-corrected chi connectivity index (χ2v) is 22.8. The van der Waals surface area contributed by atoms with Crippen LogP contribution in [-0.2, 0) is 18.4 Å². The van der Waals surface area contributed by atoms with Gasteiger partial charge in [-0.05, 0) is 44.9 Å². The molecule has 9 heteroatoms. The molecule has 3 atom stereocenters. The number of amides is 1. The molecule has 0 aromatic carbocycles. The first-order chi connectivity index (χ1) is 32.5. The second-order valence-electron chi connectivity index (χ2n) is 21.4. The molecule has 0 aliphatic carbocycles. The predicted octanol–water partition coefficient (Wildman–Crippen LogP) is 17.0. The van der Waals surface area contributed by atoms with E-state index in [9.17, 15) is 19.4 Å². The number of allylic oxidation sites excluding steroid dienone is 4. The van der Waals surface area contributed by atoms with Crippen LogP contribution in [0, 0.1) is 0 Å². The molecule has 0 aliphatic heterocycles. The highest BCUT2D eigenvalue weighted by atomic mass is 31.2. The van der Waals surface area contributed by atoms with Crippen LogP contribution in [0.1, 0.15) is 290 Å². The average Bonchev–Trinajstić information content (AvgIpc) is 3.29. The van der Waals surface area contributed by atoms with E-state index in [0.29, 0.717) is 23.9 Å². The zero-order chi connectivity index (χ0) is 49.2. The van der Waals surface area contributed by atoms with E-state index in [2.05, 4.69) is 43.5 Å². The first-order valence-corrected chi connectivity index (χ1v) is 30.6. The highest BCUT2D eigenvalue weighted by Crippen LogP contribution is 2.38. The zero-order valence-corrected chi connectivity index (χ0v) is 46.3. The van der Waals surface area contributed by atoms with Crippen LogP contribution < -0.4 is 10.2 Å². The summed E-state index contributed by atoms with van der Waals surface area (Å²) in [6.07, 6.45) is 62.2. The van der Waals surface area contributed by atoms with Gasteiger partial charge in [-0.1, -0.05) is 263 Å². The molecule has 0 fully saturated rings. The number of quaternary nitrogens is 1. The molecular weight excluding hydrogens is 852 g/mol. The van der Waals surface area contributed by atoms with Crippen LogP contribution in [0.5, 0.6) is 0 Å². The Morgan fingerprint density at radius 3 is 1.24 bits per heavy atom. The van der Waals surface area contributed by atoms with E-state index in [1.807, 2.05) is 21.1 Å². The fraction of sp³-hybridized carbons (Fsp3) is 0.914. The molecule has 2 N–H and O–H groups in total. The van der Waals surface area contributed by atoms with Gasteiger partial charge in [-0.25, -0.2) is 0 Å². The molecule has 0 aromatic heterocycles. The minimum absolute atomic E-state index is 0.0139. The number of phosphoric ester groups is 1. The topological polar surface area (TPSA) is 108 Å². The first-order valence-electron chi connectivity index (χ1n) is 29.2. The van der Waals surface area contributed by atoms with E-state index in [-0.39, 0.29) is 19.1 Å². The summed E-state index contributed by atoms with van der Waals surface area (Å²) >= 11 is 0. The van der Waals surface area contributed by atoms with Gasteiger partial charge >= 0.3 is 0 Å². The molecule has 3 unspecified atom stereocenters. The van der Waals surface area contributed by atoms with E-state index < -0.39 is 20.0 Å². The second kappa shape index (κ2) is 49.9. The van der Waals surface area contributed by atoms with Crippen molar-refractivity contribution in [3.05, 3.63) is 24.3 Å². The lowest BCUT2D eigenvalue weighted by Crippen LogP contribution is -2.46. The summed E-state index contributed by atoms with van der Waals surface area (Å²) in [6, 6.07) is -0.798. The molecule has 1 amide bonds. The van der Waals surface area contributed by atoms with E-state index in [4.69, 9.17) is 9.05 Å². The third kappa shape index (κ3) is 52.6. The molecule has 0 saturated heterocycles. The summed E-state index contributed by atoms with van der Waals surface area (Å²) in [5.74, 6) is -0.161. The molecule has 0 bridgehead atoms. The summed E-state index contributed by atoms with van der Waals surface area (Å²) in [4.78, 5) is 25.5. The molecule has 67 heavy (non-hydrogen) atoms. The molecule has 0 radical (unpaired) electrons. The van der Waals surface area contributed by atoms with Gasteiger partial charge < -0.3 is 28.8 Å². The highest BCUT2D eigenvalue weighted by molar-refractivity contribution is 7.45. The number of rotatable bonds is 54. The SMILES string of the molecule is CCCCCCCCCCC/C=C\C/C=C\CCCCCCCCCCCCCCCCCC(=O)NC(COP(=O)([O-])OCC[N+](C)(C)C)C(O)CCCCCCCCCCCCCCCC. The number of nitrogens with one attached hydrogen (secondary N) is 1. The number of phosphoric acid groups is 1. The third-order valence-corrected chi connectivity index (χ3v) is 14.4. The first kappa shape index (κ1) is 66.0. The molecular formula is C58H115N2O6P. The van der Waals surface area contributed by atoms with Crippen molar-refractivity contribution in [2.75, 3.05) is 40.9 Å². The van der Waals surface area contributed by atoms with Crippen molar-refractivity contribution in [2.45, 2.75) is 302 Å². The Kier molecular flexibility index (Phi) is 49.2. The van der Waals surface area contributed by atoms with Crippen LogP contribution in [0.3, 0.4) is 0 Å². The van der Waals surface area contributed by atoms with Gasteiger partial charge in [0, 0.05) is 6.42 Å². The summed E-state index contributed by atoms with van der Waals surface area (Å²) < 4.78 is 23.4. The summed E-state index contributed by atoms with van der Waals surface area (Å²) in [5.41, 5.74) is 0. The Bertz CT molecular complexity index is 1140. The standard InChI is InChI=1S/C58H115N2O6P/c1-6-8-10-12-14-16-18-20-22-23-24-25-26-27-28-29-30-31-32-33-34-35-36-37-38-40-42-44-46-48-50-52-58(62)59-56(55-66-67(63,64)65-54-53-60(3,4)5)57(61)51-49-47-45-43-41-39-21-19-17-15-13-11-9-7-2/h24-25,27-28,56-57,61H,6-23,26,29-55H2,1-5H3,(H-,59,62,63,64)/b25-24-,28-27-. The van der Waals surface area contributed by atoms with Gasteiger partial charge in [-0.2, -0.15) is 0 Å². The number of likely N-dealkylation sites (N-methyl/N-ethyl adjacent to an activating group) is 1. The number of aliphatic hydroxyl groups is 1. The minimum atomic E-state index is -4.57. The van der Waals surface area contributed by atoms with Crippen LogP contribution in [-0.4, -0.2) is 68.5 Å². The normalized spacial score (nSPS) is 14.1. The molecule has 0 saturated carbocycles. The van der Waals surface area contributed by atoms with Gasteiger partial charge in [0.15, 0.2) is 0 Å². The van der Waals surface area contributed by atoms with E-state index in [1.165, 1.54) is 218 Å². The lowest BCUT2D eigenvalue weighted by molar-refractivity contribution is -0.870. The van der Waals surface area contributed by atoms with Crippen LogP contribution in [0.2, 0.25) is 0 Å². The number of hydrogen-bond acceptors (Lipinski definition) is 6. The van der Waals surface area contributed by atoms with Crippen LogP contribution in [0.15, 0.2) is 24.3 Å². The Morgan fingerprint density at radius 2 is 0.866 bits per heavy atom. The Balaban J connectivity index is 4.02. The largest absolute Gasteiger partial charge is 0.756 e. The van der Waals surface area contributed by atoms with Crippen molar-refractivity contribution < 1.29 is 32.9 Å². The molecule has 0 spiro atoms. The minimum Gasteiger partial charge on any atom is -0.756 e. The van der Waals surface area contributed by atoms with E-state index >= 15 is 0 Å². The van der Waals surface area contributed by atoms with Crippen molar-refractivity contribution in [1.29, 1.82) is 0 Å². The lowest BCUT2D eigenvalue weighted by atomic mass is 10.0. The zero-order valence-electron chi connectivity index (χ0n) is 45.4. The lowest BCUT2D eigenvalue weighted by Gasteiger charge is -2.30. The quantitative estimate of drug-likeness (QED) is 0.0272. The van der Waals surface area contributed by atoms with Crippen molar-refractivity contribution in [3.8, 4) is 0 Å². The Hall–Kier alpha value is -1.02. The summed E-state index contributed by atoms with van der Waals surface area (Å²) in [5, 5.41) is 14.0. The molecule has 398 valence electrons. The van der Waals surface area contributed by atoms with Crippen molar-refractivity contribution in [3.63, 3.8) is 0 Å². The van der Waals surface area contributed by atoms with Gasteiger partial charge in [0.1, 0.15) is 13.2 Å². The number of aliphatic hydroxyl groups excluding tert-OH is 1. The number of carbonyl (C=O) groups is 1. The Morgan fingerprint density at radius 1 is 0.522 bits per heavy atom. The maximum atomic E-state index is 13.0. The van der Waals surface area contributed by atoms with Crippen LogP contribution in [0.25, 0.3) is 0 Å². The molecule has 0 heterocycles. The number of carbonyl (C=O) groups excluding carboxylic acids is 1. The summed E-state index contributed by atoms with van der Waals surface area (Å²) in [6.45, 7) is 4.75. The monoisotopic (exact) mass is 967 g/mol. The highest BCUT2D eigenvalue weighted by Gasteiger charge is 2.24. The summed E-state index contributed by atoms with van der Waals surface area (Å²) in [7, 11) is 1.31. The average molecular weight is 968 g/mol. The van der Waals surface area contributed by atoms with E-state index in [0.717, 1.165) is 44.9 Å². The maximum Gasteiger partial charge on any atom is 0.268 e. The fourth-order valence-corrected chi connectivity index (χ4v) is 9.56. The fourth-order valence-electron chi connectivity index (χ4n) is 8.84. The van der Waals surface area contributed by atoms with Crippen LogP contribution in [0.4, 0.5) is 0 Å². The van der Waals surface area contributed by atoms with Crippen molar-refractivity contribution in [2.24, 2.45) is 0 Å². The molecule has 0 aromatic rings. The number of unbranched alkanes of at least 4 members (excludes halogenated alkanes) is 37. The smallest absolute Gasteiger partial charge is 0.268 e. The van der Waals surface area contributed by atoms with Gasteiger partial charge in [0.2, 0.25) is 5.91 Å². The van der Waals surface area contributed by atoms with Gasteiger partial charge in [-0.3, -0.25) is 9.36 Å².